The average molecular weight is 358 g/mol. The Labute approximate surface area is 146 Å². The second kappa shape index (κ2) is 5.70. The zero-order chi connectivity index (χ0) is 17.6. The molecular weight excluding hydrogens is 340 g/mol. The maximum atomic E-state index is 11.9. The molecule has 1 aliphatic carbocycles. The summed E-state index contributed by atoms with van der Waals surface area (Å²) in [6.07, 6.45) is 5.14. The van der Waals surface area contributed by atoms with Crippen molar-refractivity contribution in [1.29, 1.82) is 0 Å². The Morgan fingerprint density at radius 2 is 1.72 bits per heavy atom. The minimum absolute atomic E-state index is 0.0919. The van der Waals surface area contributed by atoms with Gasteiger partial charge in [-0.05, 0) is 60.1 Å². The number of nitrogens with one attached hydrogen (secondary N) is 1. The number of aliphatic hydroxyl groups excluding tert-OH is 1. The Morgan fingerprint density at radius 3 is 2.44 bits per heavy atom. The first-order chi connectivity index (χ1) is 11.9. The summed E-state index contributed by atoms with van der Waals surface area (Å²) >= 11 is 0. The maximum absolute atomic E-state index is 11.9. The third-order valence-electron chi connectivity index (χ3n) is 4.58. The minimum Gasteiger partial charge on any atom is -0.506 e. The van der Waals surface area contributed by atoms with Gasteiger partial charge in [0.1, 0.15) is 11.4 Å². The van der Waals surface area contributed by atoms with Crippen LogP contribution in [0.3, 0.4) is 0 Å². The van der Waals surface area contributed by atoms with Crippen LogP contribution in [-0.2, 0) is 29.5 Å². The number of benzene rings is 2. The summed E-state index contributed by atoms with van der Waals surface area (Å²) in [5.41, 5.74) is 4.96. The van der Waals surface area contributed by atoms with Crippen LogP contribution in [-0.4, -0.2) is 18.6 Å². The predicted molar refractivity (Wildman–Crippen MR) is 94.6 cm³/mol. The van der Waals surface area contributed by atoms with E-state index in [1.807, 2.05) is 4.72 Å². The molecule has 2 aromatic rings. The number of nitrogens with zero attached hydrogens (tertiary/aromatic N) is 1. The molecule has 0 saturated carbocycles. The van der Waals surface area contributed by atoms with Crippen molar-refractivity contribution < 1.29 is 18.6 Å². The normalized spacial score (nSPS) is 17.9. The van der Waals surface area contributed by atoms with Gasteiger partial charge >= 0.3 is 10.2 Å². The van der Waals surface area contributed by atoms with E-state index in [1.165, 1.54) is 29.2 Å². The van der Waals surface area contributed by atoms with E-state index in [4.69, 9.17) is 0 Å². The molecular formula is C18H18N2O4S. The molecule has 0 amide bonds. The highest BCUT2D eigenvalue weighted by Crippen LogP contribution is 2.33. The Hall–Kier alpha value is -2.67. The van der Waals surface area contributed by atoms with Gasteiger partial charge in [0.05, 0.1) is 6.20 Å². The van der Waals surface area contributed by atoms with Crippen LogP contribution in [0.2, 0.25) is 0 Å². The first kappa shape index (κ1) is 15.8. The smallest absolute Gasteiger partial charge is 0.330 e. The number of hydrogen-bond donors (Lipinski definition) is 3. The molecule has 1 aliphatic heterocycles. The zero-order valence-corrected chi connectivity index (χ0v) is 14.3. The molecule has 0 fully saturated rings. The lowest BCUT2D eigenvalue weighted by molar-refractivity contribution is 0.392. The van der Waals surface area contributed by atoms with Gasteiger partial charge in [-0.25, -0.2) is 9.03 Å². The molecule has 0 saturated heterocycles. The third-order valence-corrected chi connectivity index (χ3v) is 5.87. The number of aromatic hydroxyl groups is 1. The van der Waals surface area contributed by atoms with Crippen molar-refractivity contribution >= 4 is 15.9 Å². The fourth-order valence-electron chi connectivity index (χ4n) is 3.42. The van der Waals surface area contributed by atoms with E-state index in [1.54, 1.807) is 12.1 Å². The van der Waals surface area contributed by atoms with Crippen molar-refractivity contribution in [3.63, 3.8) is 0 Å². The molecule has 0 spiro atoms. The van der Waals surface area contributed by atoms with Crippen LogP contribution in [0.5, 0.6) is 5.75 Å². The molecule has 1 heterocycles. The Bertz CT molecular complexity index is 983. The summed E-state index contributed by atoms with van der Waals surface area (Å²) in [6, 6.07) is 11.4. The van der Waals surface area contributed by atoms with E-state index in [9.17, 15) is 18.6 Å². The Kier molecular flexibility index (Phi) is 3.61. The SMILES string of the molecule is O=S1(=O)NC(O)=CN1c1ccc(Cc2ccc3c(c2)CCC3)cc1O. The Balaban J connectivity index is 1.60. The van der Waals surface area contributed by atoms with E-state index < -0.39 is 16.1 Å². The summed E-state index contributed by atoms with van der Waals surface area (Å²) < 4.78 is 26.6. The fourth-order valence-corrected chi connectivity index (χ4v) is 4.49. The lowest BCUT2D eigenvalue weighted by Crippen LogP contribution is -2.29. The number of hydrogen-bond acceptors (Lipinski definition) is 4. The topological polar surface area (TPSA) is 89.9 Å². The minimum atomic E-state index is -3.91. The van der Waals surface area contributed by atoms with E-state index in [2.05, 4.69) is 18.2 Å². The quantitative estimate of drug-likeness (QED) is 0.786. The van der Waals surface area contributed by atoms with Gasteiger partial charge in [-0.2, -0.15) is 8.42 Å². The molecule has 130 valence electrons. The average Bonchev–Trinajstić information content (AvgIpc) is 3.10. The molecule has 0 atom stereocenters. The van der Waals surface area contributed by atoms with E-state index >= 15 is 0 Å². The van der Waals surface area contributed by atoms with Crippen LogP contribution in [0, 0.1) is 0 Å². The molecule has 6 nitrogen and oxygen atoms in total. The molecule has 0 bridgehead atoms. The maximum Gasteiger partial charge on any atom is 0.330 e. The lowest BCUT2D eigenvalue weighted by Gasteiger charge is -2.16. The van der Waals surface area contributed by atoms with Gasteiger partial charge in [0.2, 0.25) is 5.88 Å². The number of aryl methyl sites for hydroxylation is 2. The summed E-state index contributed by atoms with van der Waals surface area (Å²) in [5, 5.41) is 19.6. The molecule has 2 aliphatic rings. The highest BCUT2D eigenvalue weighted by atomic mass is 32.2. The molecule has 7 heteroatoms. The van der Waals surface area contributed by atoms with Gasteiger partial charge in [0.15, 0.2) is 0 Å². The van der Waals surface area contributed by atoms with Gasteiger partial charge in [-0.15, -0.1) is 0 Å². The van der Waals surface area contributed by atoms with Gasteiger partial charge < -0.3 is 10.2 Å². The third kappa shape index (κ3) is 2.91. The van der Waals surface area contributed by atoms with Crippen molar-refractivity contribution in [3.8, 4) is 5.75 Å². The van der Waals surface area contributed by atoms with Crippen LogP contribution in [0.15, 0.2) is 48.5 Å². The number of phenolic OH excluding ortho intramolecular Hbond substituents is 1. The van der Waals surface area contributed by atoms with Gasteiger partial charge in [-0.3, -0.25) is 0 Å². The molecule has 4 rings (SSSR count). The van der Waals surface area contributed by atoms with Crippen LogP contribution in [0.1, 0.15) is 28.7 Å². The first-order valence-corrected chi connectivity index (χ1v) is 9.52. The van der Waals surface area contributed by atoms with E-state index in [0.717, 1.165) is 28.9 Å². The second-order valence-electron chi connectivity index (χ2n) is 6.37. The lowest BCUT2D eigenvalue weighted by atomic mass is 10.00. The summed E-state index contributed by atoms with van der Waals surface area (Å²) in [7, 11) is -3.91. The van der Waals surface area contributed by atoms with Crippen LogP contribution in [0.25, 0.3) is 0 Å². The van der Waals surface area contributed by atoms with Crippen LogP contribution >= 0.6 is 0 Å². The predicted octanol–water partition coefficient (Wildman–Crippen LogP) is 2.48. The number of anilines is 1. The van der Waals surface area contributed by atoms with Gasteiger partial charge in [0.25, 0.3) is 0 Å². The number of fused-ring (bicyclic) bond motifs is 1. The summed E-state index contributed by atoms with van der Waals surface area (Å²) in [5.74, 6) is -0.642. The van der Waals surface area contributed by atoms with Crippen molar-refractivity contribution in [3.05, 3.63) is 70.7 Å². The van der Waals surface area contributed by atoms with Crippen molar-refractivity contribution in [2.75, 3.05) is 4.31 Å². The highest BCUT2D eigenvalue weighted by Gasteiger charge is 2.30. The van der Waals surface area contributed by atoms with E-state index in [0.29, 0.717) is 6.42 Å². The van der Waals surface area contributed by atoms with Crippen molar-refractivity contribution in [2.24, 2.45) is 0 Å². The molecule has 3 N–H and O–H groups in total. The van der Waals surface area contributed by atoms with Crippen molar-refractivity contribution in [2.45, 2.75) is 25.7 Å². The molecule has 0 unspecified atom stereocenters. The monoisotopic (exact) mass is 358 g/mol. The standard InChI is InChI=1S/C18H18N2O4S/c21-17-10-13(8-12-4-6-14-2-1-3-15(14)9-12)5-7-16(17)20-11-18(22)19-25(20,23)24/h4-7,9-11,19,21-22H,1-3,8H2. The van der Waals surface area contributed by atoms with Crippen LogP contribution < -0.4 is 9.03 Å². The zero-order valence-electron chi connectivity index (χ0n) is 13.4. The highest BCUT2D eigenvalue weighted by molar-refractivity contribution is 7.91. The molecule has 0 radical (unpaired) electrons. The van der Waals surface area contributed by atoms with Gasteiger partial charge in [0, 0.05) is 0 Å². The first-order valence-electron chi connectivity index (χ1n) is 8.08. The fraction of sp³-hybridized carbons (Fsp3) is 0.222. The molecule has 2 aromatic carbocycles. The molecule has 25 heavy (non-hydrogen) atoms. The Morgan fingerprint density at radius 1 is 1.00 bits per heavy atom. The molecule has 0 aromatic heterocycles. The van der Waals surface area contributed by atoms with Gasteiger partial charge in [-0.1, -0.05) is 24.3 Å². The number of rotatable bonds is 3. The largest absolute Gasteiger partial charge is 0.506 e. The summed E-state index contributed by atoms with van der Waals surface area (Å²) in [4.78, 5) is 0. The number of aliphatic hydroxyl groups is 1. The summed E-state index contributed by atoms with van der Waals surface area (Å²) in [6.45, 7) is 0. The van der Waals surface area contributed by atoms with Crippen LogP contribution in [0.4, 0.5) is 5.69 Å². The number of phenols is 1. The van der Waals surface area contributed by atoms with E-state index in [-0.39, 0.29) is 11.4 Å². The van der Waals surface area contributed by atoms with Crippen molar-refractivity contribution in [1.82, 2.24) is 4.72 Å². The second-order valence-corrected chi connectivity index (χ2v) is 7.92.